The van der Waals surface area contributed by atoms with Crippen LogP contribution < -0.4 is 10.1 Å². The number of methoxy groups -OCH3 is 1. The largest absolute Gasteiger partial charge is 0.495 e. The van der Waals surface area contributed by atoms with Gasteiger partial charge < -0.3 is 15.2 Å². The number of aryl methyl sites for hydroxylation is 1. The lowest BCUT2D eigenvalue weighted by Gasteiger charge is -2.26. The van der Waals surface area contributed by atoms with E-state index in [0.29, 0.717) is 23.7 Å². The quantitative estimate of drug-likeness (QED) is 0.901. The maximum absolute atomic E-state index is 11.2. The topological polar surface area (TPSA) is 58.6 Å². The van der Waals surface area contributed by atoms with Gasteiger partial charge in [-0.1, -0.05) is 11.6 Å². The molecule has 1 aliphatic heterocycles. The molecule has 1 saturated heterocycles. The maximum atomic E-state index is 11.2. The summed E-state index contributed by atoms with van der Waals surface area (Å²) in [7, 11) is 1.63. The van der Waals surface area contributed by atoms with Crippen LogP contribution in [0, 0.1) is 5.92 Å². The summed E-state index contributed by atoms with van der Waals surface area (Å²) in [6.07, 6.45) is 5.01. The van der Waals surface area contributed by atoms with Gasteiger partial charge in [-0.05, 0) is 49.3 Å². The number of hydrogen-bond acceptors (Lipinski definition) is 3. The third-order valence-corrected chi connectivity index (χ3v) is 4.91. The third-order valence-electron chi connectivity index (χ3n) is 4.63. The van der Waals surface area contributed by atoms with Crippen molar-refractivity contribution in [1.82, 2.24) is 5.32 Å². The molecule has 2 N–H and O–H groups in total. The minimum atomic E-state index is -0.736. The van der Waals surface area contributed by atoms with Crippen LogP contribution in [0.25, 0.3) is 0 Å². The van der Waals surface area contributed by atoms with Gasteiger partial charge >= 0.3 is 5.97 Å². The van der Waals surface area contributed by atoms with Crippen molar-refractivity contribution in [2.45, 2.75) is 38.1 Å². The van der Waals surface area contributed by atoms with Gasteiger partial charge in [-0.15, -0.1) is 0 Å². The monoisotopic (exact) mass is 309 g/mol. The van der Waals surface area contributed by atoms with Gasteiger partial charge in [0, 0.05) is 18.2 Å². The Morgan fingerprint density at radius 3 is 2.86 bits per heavy atom. The van der Waals surface area contributed by atoms with Crippen molar-refractivity contribution in [1.29, 1.82) is 0 Å². The lowest BCUT2D eigenvalue weighted by Crippen LogP contribution is -2.19. The standard InChI is InChI=1S/C16H20ClNO3/c1-21-15-12(17)6-9-4-2-3-5-11(9)14(15)13-7-10(8-18-13)16(19)20/h6,10,13,18H,2-5,7-8H2,1H3,(H,19,20). The molecule has 1 aliphatic carbocycles. The second kappa shape index (κ2) is 5.85. The molecule has 0 aromatic heterocycles. The summed E-state index contributed by atoms with van der Waals surface area (Å²) < 4.78 is 5.53. The molecule has 2 atom stereocenters. The third kappa shape index (κ3) is 2.62. The van der Waals surface area contributed by atoms with Gasteiger partial charge in [0.25, 0.3) is 0 Å². The van der Waals surface area contributed by atoms with Crippen LogP contribution in [0.15, 0.2) is 6.07 Å². The Morgan fingerprint density at radius 1 is 1.43 bits per heavy atom. The van der Waals surface area contributed by atoms with Crippen LogP contribution in [0.5, 0.6) is 5.75 Å². The molecule has 0 saturated carbocycles. The van der Waals surface area contributed by atoms with E-state index in [4.69, 9.17) is 16.3 Å². The highest BCUT2D eigenvalue weighted by atomic mass is 35.5. The van der Waals surface area contributed by atoms with E-state index in [2.05, 4.69) is 5.32 Å². The molecule has 114 valence electrons. The number of halogens is 1. The van der Waals surface area contributed by atoms with Crippen molar-refractivity contribution in [3.8, 4) is 5.75 Å². The number of carboxylic acid groups (broad SMARTS) is 1. The van der Waals surface area contributed by atoms with Crippen molar-refractivity contribution in [2.75, 3.05) is 13.7 Å². The van der Waals surface area contributed by atoms with E-state index in [1.807, 2.05) is 6.07 Å². The lowest BCUT2D eigenvalue weighted by atomic mass is 9.84. The van der Waals surface area contributed by atoms with Crippen LogP contribution in [-0.2, 0) is 17.6 Å². The van der Waals surface area contributed by atoms with E-state index < -0.39 is 5.97 Å². The highest BCUT2D eigenvalue weighted by Gasteiger charge is 2.34. The van der Waals surface area contributed by atoms with Crippen molar-refractivity contribution in [3.63, 3.8) is 0 Å². The van der Waals surface area contributed by atoms with Crippen LogP contribution in [0.4, 0.5) is 0 Å². The Hall–Kier alpha value is -1.26. The SMILES string of the molecule is COc1c(Cl)cc2c(c1C1CC(C(=O)O)CN1)CCCC2. The van der Waals surface area contributed by atoms with Crippen molar-refractivity contribution in [2.24, 2.45) is 5.92 Å². The first-order valence-electron chi connectivity index (χ1n) is 7.46. The zero-order valence-corrected chi connectivity index (χ0v) is 12.9. The summed E-state index contributed by atoms with van der Waals surface area (Å²) in [5.41, 5.74) is 3.69. The highest BCUT2D eigenvalue weighted by molar-refractivity contribution is 6.32. The molecule has 21 heavy (non-hydrogen) atoms. The Balaban J connectivity index is 2.04. The Morgan fingerprint density at radius 2 is 2.19 bits per heavy atom. The number of hydrogen-bond donors (Lipinski definition) is 2. The molecular weight excluding hydrogens is 290 g/mol. The van der Waals surface area contributed by atoms with Crippen LogP contribution >= 0.6 is 11.6 Å². The molecule has 0 spiro atoms. The molecule has 2 unspecified atom stereocenters. The zero-order valence-electron chi connectivity index (χ0n) is 12.1. The number of fused-ring (bicyclic) bond motifs is 1. The molecule has 1 heterocycles. The van der Waals surface area contributed by atoms with Gasteiger partial charge in [-0.25, -0.2) is 0 Å². The summed E-state index contributed by atoms with van der Waals surface area (Å²) in [5.74, 6) is -0.362. The first-order valence-corrected chi connectivity index (χ1v) is 7.84. The second-order valence-corrected chi connectivity index (χ2v) is 6.29. The molecule has 4 nitrogen and oxygen atoms in total. The van der Waals surface area contributed by atoms with Crippen LogP contribution in [0.1, 0.15) is 42.0 Å². The predicted octanol–water partition coefficient (Wildman–Crippen LogP) is 2.96. The number of nitrogens with one attached hydrogen (secondary N) is 1. The van der Waals surface area contributed by atoms with Gasteiger partial charge in [-0.2, -0.15) is 0 Å². The Labute approximate surface area is 129 Å². The number of carboxylic acids is 1. The fourth-order valence-corrected chi connectivity index (χ4v) is 3.91. The van der Waals surface area contributed by atoms with E-state index in [-0.39, 0.29) is 12.0 Å². The highest BCUT2D eigenvalue weighted by Crippen LogP contribution is 2.43. The Kier molecular flexibility index (Phi) is 4.09. The van der Waals surface area contributed by atoms with E-state index in [0.717, 1.165) is 18.4 Å². The van der Waals surface area contributed by atoms with Crippen LogP contribution in [0.3, 0.4) is 0 Å². The first kappa shape index (κ1) is 14.7. The zero-order chi connectivity index (χ0) is 15.0. The number of aliphatic carboxylic acids is 1. The Bertz CT molecular complexity index is 573. The van der Waals surface area contributed by atoms with Crippen LogP contribution in [0.2, 0.25) is 5.02 Å². The number of ether oxygens (including phenoxy) is 1. The minimum absolute atomic E-state index is 0.0200. The fraction of sp³-hybridized carbons (Fsp3) is 0.562. The molecule has 0 amide bonds. The maximum Gasteiger partial charge on any atom is 0.307 e. The molecule has 3 rings (SSSR count). The normalized spacial score (nSPS) is 24.7. The van der Waals surface area contributed by atoms with Gasteiger partial charge in [-0.3, -0.25) is 4.79 Å². The van der Waals surface area contributed by atoms with Crippen LogP contribution in [-0.4, -0.2) is 24.7 Å². The average Bonchev–Trinajstić information content (AvgIpc) is 2.95. The fourth-order valence-electron chi connectivity index (χ4n) is 3.60. The number of rotatable bonds is 3. The van der Waals surface area contributed by atoms with Gasteiger partial charge in [0.2, 0.25) is 0 Å². The first-order chi connectivity index (χ1) is 10.1. The van der Waals surface area contributed by atoms with E-state index in [1.54, 1.807) is 7.11 Å². The van der Waals surface area contributed by atoms with E-state index in [1.165, 1.54) is 24.0 Å². The lowest BCUT2D eigenvalue weighted by molar-refractivity contribution is -0.141. The average molecular weight is 310 g/mol. The molecule has 5 heteroatoms. The van der Waals surface area contributed by atoms with Crippen molar-refractivity contribution >= 4 is 17.6 Å². The van der Waals surface area contributed by atoms with Crippen molar-refractivity contribution < 1.29 is 14.6 Å². The predicted molar refractivity (Wildman–Crippen MR) is 81.1 cm³/mol. The summed E-state index contributed by atoms with van der Waals surface area (Å²) in [6.45, 7) is 0.504. The van der Waals surface area contributed by atoms with Gasteiger partial charge in [0.05, 0.1) is 18.1 Å². The number of benzene rings is 1. The minimum Gasteiger partial charge on any atom is -0.495 e. The molecule has 0 bridgehead atoms. The smallest absolute Gasteiger partial charge is 0.307 e. The summed E-state index contributed by atoms with van der Waals surface area (Å²) in [4.78, 5) is 11.2. The number of carbonyl (C=O) groups is 1. The molecule has 2 aliphatic rings. The summed E-state index contributed by atoms with van der Waals surface area (Å²) >= 11 is 6.37. The van der Waals surface area contributed by atoms with E-state index >= 15 is 0 Å². The molecule has 1 aromatic rings. The molecular formula is C16H20ClNO3. The van der Waals surface area contributed by atoms with Gasteiger partial charge in [0.1, 0.15) is 5.75 Å². The second-order valence-electron chi connectivity index (χ2n) is 5.88. The van der Waals surface area contributed by atoms with E-state index in [9.17, 15) is 9.90 Å². The summed E-state index contributed by atoms with van der Waals surface area (Å²) in [6, 6.07) is 2.04. The molecule has 1 aromatic carbocycles. The molecule has 0 radical (unpaired) electrons. The molecule has 1 fully saturated rings. The van der Waals surface area contributed by atoms with Crippen molar-refractivity contribution in [3.05, 3.63) is 27.8 Å². The summed E-state index contributed by atoms with van der Waals surface area (Å²) in [5, 5.41) is 13.2. The van der Waals surface area contributed by atoms with Gasteiger partial charge in [0.15, 0.2) is 0 Å².